The predicted molar refractivity (Wildman–Crippen MR) is 73.2 cm³/mol. The van der Waals surface area contributed by atoms with Crippen LogP contribution in [0.15, 0.2) is 24.3 Å². The Bertz CT molecular complexity index is 422. The Morgan fingerprint density at radius 3 is 2.42 bits per heavy atom. The Balaban J connectivity index is 1.85. The molecule has 0 radical (unpaired) electrons. The van der Waals surface area contributed by atoms with Gasteiger partial charge in [0.05, 0.1) is 0 Å². The van der Waals surface area contributed by atoms with E-state index < -0.39 is 0 Å². The number of hydrogen-bond donors (Lipinski definition) is 1. The lowest BCUT2D eigenvalue weighted by atomic mass is 9.92. The number of nitrogens with one attached hydrogen (secondary N) is 1. The molecule has 1 fully saturated rings. The van der Waals surface area contributed by atoms with Gasteiger partial charge in [-0.3, -0.25) is 0 Å². The van der Waals surface area contributed by atoms with Gasteiger partial charge in [0.1, 0.15) is 5.82 Å². The smallest absolute Gasteiger partial charge is 0.317 e. The number of piperidine rings is 1. The standard InChI is InChI=1S/C15H21FN2O/c1-11-7-12(2)10-18(9-11)15(19)17-8-13-3-5-14(16)6-4-13/h3-6,11-12H,7-10H2,1-2H3,(H,17,19). The van der Waals surface area contributed by atoms with Crippen molar-refractivity contribution in [1.29, 1.82) is 0 Å². The van der Waals surface area contributed by atoms with Crippen molar-refractivity contribution in [2.75, 3.05) is 13.1 Å². The Kier molecular flexibility index (Phi) is 4.40. The number of benzene rings is 1. The van der Waals surface area contributed by atoms with Crippen LogP contribution in [0.1, 0.15) is 25.8 Å². The highest BCUT2D eigenvalue weighted by molar-refractivity contribution is 5.74. The van der Waals surface area contributed by atoms with Gasteiger partial charge in [-0.2, -0.15) is 0 Å². The van der Waals surface area contributed by atoms with Gasteiger partial charge in [0.25, 0.3) is 0 Å². The molecule has 104 valence electrons. The summed E-state index contributed by atoms with van der Waals surface area (Å²) in [7, 11) is 0. The molecule has 1 aliphatic heterocycles. The van der Waals surface area contributed by atoms with Crippen LogP contribution in [0.5, 0.6) is 0 Å². The molecule has 0 saturated carbocycles. The Morgan fingerprint density at radius 1 is 1.26 bits per heavy atom. The highest BCUT2D eigenvalue weighted by Gasteiger charge is 2.24. The van der Waals surface area contributed by atoms with Crippen LogP contribution in [0.3, 0.4) is 0 Å². The van der Waals surface area contributed by atoms with Gasteiger partial charge >= 0.3 is 6.03 Å². The largest absolute Gasteiger partial charge is 0.334 e. The van der Waals surface area contributed by atoms with E-state index in [2.05, 4.69) is 19.2 Å². The molecule has 4 heteroatoms. The normalized spacial score (nSPS) is 23.2. The fourth-order valence-electron chi connectivity index (χ4n) is 2.72. The van der Waals surface area contributed by atoms with Crippen LogP contribution in [0.2, 0.25) is 0 Å². The Morgan fingerprint density at radius 2 is 1.84 bits per heavy atom. The monoisotopic (exact) mass is 264 g/mol. The SMILES string of the molecule is CC1CC(C)CN(C(=O)NCc2ccc(F)cc2)C1. The third-order valence-corrected chi connectivity index (χ3v) is 3.51. The maximum absolute atomic E-state index is 12.8. The number of carbonyl (C=O) groups is 1. The lowest BCUT2D eigenvalue weighted by Gasteiger charge is -2.34. The molecule has 0 spiro atoms. The molecule has 1 N–H and O–H groups in total. The highest BCUT2D eigenvalue weighted by atomic mass is 19.1. The molecule has 1 aromatic rings. The number of urea groups is 1. The summed E-state index contributed by atoms with van der Waals surface area (Å²) in [6.45, 7) is 6.43. The summed E-state index contributed by atoms with van der Waals surface area (Å²) in [5.41, 5.74) is 0.910. The van der Waals surface area contributed by atoms with E-state index >= 15 is 0 Å². The zero-order chi connectivity index (χ0) is 13.8. The van der Waals surface area contributed by atoms with Crippen LogP contribution in [0, 0.1) is 17.7 Å². The summed E-state index contributed by atoms with van der Waals surface area (Å²) in [5, 5.41) is 2.89. The van der Waals surface area contributed by atoms with Crippen LogP contribution in [0.25, 0.3) is 0 Å². The van der Waals surface area contributed by atoms with Crippen molar-refractivity contribution in [2.24, 2.45) is 11.8 Å². The van der Waals surface area contributed by atoms with E-state index in [-0.39, 0.29) is 11.8 Å². The molecule has 2 atom stereocenters. The van der Waals surface area contributed by atoms with Crippen molar-refractivity contribution in [2.45, 2.75) is 26.8 Å². The fourth-order valence-corrected chi connectivity index (χ4v) is 2.72. The maximum Gasteiger partial charge on any atom is 0.317 e. The molecule has 1 aromatic carbocycles. The topological polar surface area (TPSA) is 32.3 Å². The average Bonchev–Trinajstić information content (AvgIpc) is 2.36. The lowest BCUT2D eigenvalue weighted by molar-refractivity contribution is 0.146. The van der Waals surface area contributed by atoms with E-state index in [4.69, 9.17) is 0 Å². The first-order valence-corrected chi connectivity index (χ1v) is 6.82. The van der Waals surface area contributed by atoms with Crippen molar-refractivity contribution >= 4 is 6.03 Å². The summed E-state index contributed by atoms with van der Waals surface area (Å²) in [6, 6.07) is 6.18. The second kappa shape index (κ2) is 6.04. The van der Waals surface area contributed by atoms with Gasteiger partial charge < -0.3 is 10.2 Å². The summed E-state index contributed by atoms with van der Waals surface area (Å²) in [4.78, 5) is 13.9. The van der Waals surface area contributed by atoms with Gasteiger partial charge in [-0.05, 0) is 36.0 Å². The van der Waals surface area contributed by atoms with Crippen molar-refractivity contribution in [3.63, 3.8) is 0 Å². The van der Waals surface area contributed by atoms with Gasteiger partial charge in [-0.25, -0.2) is 9.18 Å². The first-order chi connectivity index (χ1) is 9.04. The van der Waals surface area contributed by atoms with E-state index in [0.717, 1.165) is 18.7 Å². The van der Waals surface area contributed by atoms with Crippen molar-refractivity contribution in [1.82, 2.24) is 10.2 Å². The van der Waals surface area contributed by atoms with Crippen LogP contribution < -0.4 is 5.32 Å². The zero-order valence-corrected chi connectivity index (χ0v) is 11.5. The first-order valence-electron chi connectivity index (χ1n) is 6.82. The number of amides is 2. The summed E-state index contributed by atoms with van der Waals surface area (Å²) in [5.74, 6) is 0.856. The van der Waals surface area contributed by atoms with E-state index in [0.29, 0.717) is 18.4 Å². The quantitative estimate of drug-likeness (QED) is 0.875. The highest BCUT2D eigenvalue weighted by Crippen LogP contribution is 2.20. The second-order valence-corrected chi connectivity index (χ2v) is 5.64. The lowest BCUT2D eigenvalue weighted by Crippen LogP contribution is -2.47. The molecule has 2 rings (SSSR count). The molecule has 1 aliphatic rings. The number of nitrogens with zero attached hydrogens (tertiary/aromatic N) is 1. The Labute approximate surface area is 113 Å². The van der Waals surface area contributed by atoms with Crippen LogP contribution in [-0.2, 0) is 6.54 Å². The fraction of sp³-hybridized carbons (Fsp3) is 0.533. The van der Waals surface area contributed by atoms with Crippen molar-refractivity contribution < 1.29 is 9.18 Å². The Hall–Kier alpha value is -1.58. The first kappa shape index (κ1) is 13.8. The van der Waals surface area contributed by atoms with Gasteiger partial charge in [0.15, 0.2) is 0 Å². The van der Waals surface area contributed by atoms with Crippen molar-refractivity contribution in [3.05, 3.63) is 35.6 Å². The molecule has 3 nitrogen and oxygen atoms in total. The maximum atomic E-state index is 12.8. The molecule has 0 aromatic heterocycles. The molecule has 1 saturated heterocycles. The minimum Gasteiger partial charge on any atom is -0.334 e. The number of halogens is 1. The third-order valence-electron chi connectivity index (χ3n) is 3.51. The summed E-state index contributed by atoms with van der Waals surface area (Å²) < 4.78 is 12.8. The van der Waals surface area contributed by atoms with Gasteiger partial charge in [-0.15, -0.1) is 0 Å². The molecule has 1 heterocycles. The number of carbonyl (C=O) groups excluding carboxylic acids is 1. The van der Waals surface area contributed by atoms with Crippen LogP contribution in [-0.4, -0.2) is 24.0 Å². The molecule has 2 amide bonds. The minimum atomic E-state index is -0.256. The molecular weight excluding hydrogens is 243 g/mol. The third kappa shape index (κ3) is 3.94. The molecule has 0 bridgehead atoms. The summed E-state index contributed by atoms with van der Waals surface area (Å²) >= 11 is 0. The molecule has 19 heavy (non-hydrogen) atoms. The molecular formula is C15H21FN2O. The van der Waals surface area contributed by atoms with E-state index in [1.54, 1.807) is 12.1 Å². The van der Waals surface area contributed by atoms with Crippen LogP contribution >= 0.6 is 0 Å². The number of hydrogen-bond acceptors (Lipinski definition) is 1. The van der Waals surface area contributed by atoms with Gasteiger partial charge in [0.2, 0.25) is 0 Å². The minimum absolute atomic E-state index is 0.0253. The number of rotatable bonds is 2. The molecule has 0 aliphatic carbocycles. The molecule has 2 unspecified atom stereocenters. The predicted octanol–water partition coefficient (Wildman–Crippen LogP) is 3.01. The number of likely N-dealkylation sites (tertiary alicyclic amines) is 1. The second-order valence-electron chi connectivity index (χ2n) is 5.64. The van der Waals surface area contributed by atoms with Gasteiger partial charge in [0, 0.05) is 19.6 Å². The average molecular weight is 264 g/mol. The van der Waals surface area contributed by atoms with Gasteiger partial charge in [-0.1, -0.05) is 26.0 Å². The van der Waals surface area contributed by atoms with E-state index in [1.165, 1.54) is 18.6 Å². The zero-order valence-electron chi connectivity index (χ0n) is 11.5. The van der Waals surface area contributed by atoms with E-state index in [1.807, 2.05) is 4.90 Å². The summed E-state index contributed by atoms with van der Waals surface area (Å²) in [6.07, 6.45) is 1.18. The van der Waals surface area contributed by atoms with Crippen LogP contribution in [0.4, 0.5) is 9.18 Å². The van der Waals surface area contributed by atoms with E-state index in [9.17, 15) is 9.18 Å². The van der Waals surface area contributed by atoms with Crippen molar-refractivity contribution in [3.8, 4) is 0 Å².